The molecule has 3 rings (SSSR count). The van der Waals surface area contributed by atoms with Gasteiger partial charge in [-0.05, 0) is 37.9 Å². The first-order valence-corrected chi connectivity index (χ1v) is 11.2. The maximum Gasteiger partial charge on any atom is 0.226 e. The number of carbonyl (C=O) groups is 2. The summed E-state index contributed by atoms with van der Waals surface area (Å²) in [7, 11) is 0. The van der Waals surface area contributed by atoms with Gasteiger partial charge in [-0.25, -0.2) is 0 Å². The number of aliphatic hydroxyl groups excluding tert-OH is 1. The van der Waals surface area contributed by atoms with E-state index in [2.05, 4.69) is 20.5 Å². The Morgan fingerprint density at radius 3 is 2.77 bits per heavy atom. The summed E-state index contributed by atoms with van der Waals surface area (Å²) in [5.74, 6) is -0.191. The summed E-state index contributed by atoms with van der Waals surface area (Å²) in [5, 5.41) is 15.6. The van der Waals surface area contributed by atoms with Crippen molar-refractivity contribution in [2.45, 2.75) is 50.4 Å². The molecule has 0 saturated carbocycles. The molecule has 0 bridgehead atoms. The Morgan fingerprint density at radius 2 is 2.03 bits per heavy atom. The maximum absolute atomic E-state index is 12.3. The highest BCUT2D eigenvalue weighted by Gasteiger charge is 2.32. The van der Waals surface area contributed by atoms with Crippen LogP contribution in [0.3, 0.4) is 0 Å². The first kappa shape index (κ1) is 23.6. The van der Waals surface area contributed by atoms with Crippen molar-refractivity contribution >= 4 is 11.8 Å². The lowest BCUT2D eigenvalue weighted by Crippen LogP contribution is -2.51. The van der Waals surface area contributed by atoms with Crippen LogP contribution in [-0.2, 0) is 25.5 Å². The first-order valence-electron chi connectivity index (χ1n) is 11.2. The highest BCUT2D eigenvalue weighted by molar-refractivity contribution is 5.78. The molecule has 3 heterocycles. The lowest BCUT2D eigenvalue weighted by Gasteiger charge is -2.36. The molecule has 172 valence electrons. The smallest absolute Gasteiger partial charge is 0.226 e. The number of carbonyl (C=O) groups excluding carboxylic acids is 2. The first-order chi connectivity index (χ1) is 15.1. The molecule has 0 aliphatic carbocycles. The van der Waals surface area contributed by atoms with Gasteiger partial charge in [-0.3, -0.25) is 19.5 Å². The van der Waals surface area contributed by atoms with Crippen LogP contribution in [-0.4, -0.2) is 91.1 Å². The molecule has 0 spiro atoms. The third-order valence-electron chi connectivity index (χ3n) is 5.70. The minimum atomic E-state index is -0.513. The number of aliphatic hydroxyl groups is 1. The van der Waals surface area contributed by atoms with Crippen LogP contribution in [0.5, 0.6) is 0 Å². The second-order valence-corrected chi connectivity index (χ2v) is 8.09. The SMILES string of the molecule is O=C(C[C@@H]1CC[C@H](NC(=O)Cc2ccccn2)[C@H](CO)O1)NCCCN1CCOCC1. The van der Waals surface area contributed by atoms with Crippen molar-refractivity contribution < 1.29 is 24.2 Å². The summed E-state index contributed by atoms with van der Waals surface area (Å²) in [6.45, 7) is 4.85. The fourth-order valence-corrected chi connectivity index (χ4v) is 4.01. The van der Waals surface area contributed by atoms with Crippen LogP contribution < -0.4 is 10.6 Å². The third kappa shape index (κ3) is 8.17. The second kappa shape index (κ2) is 12.7. The Kier molecular flexibility index (Phi) is 9.67. The summed E-state index contributed by atoms with van der Waals surface area (Å²) in [6.07, 6.45) is 3.57. The van der Waals surface area contributed by atoms with E-state index in [-0.39, 0.29) is 43.4 Å². The zero-order valence-corrected chi connectivity index (χ0v) is 18.0. The van der Waals surface area contributed by atoms with Crippen LogP contribution in [0.15, 0.2) is 24.4 Å². The number of morpholine rings is 1. The van der Waals surface area contributed by atoms with Crippen LogP contribution in [0.25, 0.3) is 0 Å². The van der Waals surface area contributed by atoms with Gasteiger partial charge in [0.25, 0.3) is 0 Å². The predicted molar refractivity (Wildman–Crippen MR) is 114 cm³/mol. The fraction of sp³-hybridized carbons (Fsp3) is 0.682. The van der Waals surface area contributed by atoms with E-state index < -0.39 is 6.10 Å². The second-order valence-electron chi connectivity index (χ2n) is 8.09. The Bertz CT molecular complexity index is 684. The molecule has 9 nitrogen and oxygen atoms in total. The van der Waals surface area contributed by atoms with E-state index in [4.69, 9.17) is 9.47 Å². The van der Waals surface area contributed by atoms with E-state index in [0.29, 0.717) is 25.1 Å². The summed E-state index contributed by atoms with van der Waals surface area (Å²) < 4.78 is 11.2. The normalized spacial score (nSPS) is 24.5. The number of amides is 2. The van der Waals surface area contributed by atoms with Crippen molar-refractivity contribution in [3.05, 3.63) is 30.1 Å². The van der Waals surface area contributed by atoms with E-state index in [1.807, 2.05) is 6.07 Å². The largest absolute Gasteiger partial charge is 0.394 e. The van der Waals surface area contributed by atoms with Gasteiger partial charge in [-0.2, -0.15) is 0 Å². The minimum Gasteiger partial charge on any atom is -0.394 e. The molecular weight excluding hydrogens is 400 g/mol. The monoisotopic (exact) mass is 434 g/mol. The molecule has 0 aromatic carbocycles. The maximum atomic E-state index is 12.3. The number of nitrogens with zero attached hydrogens (tertiary/aromatic N) is 2. The van der Waals surface area contributed by atoms with Gasteiger partial charge >= 0.3 is 0 Å². The van der Waals surface area contributed by atoms with Gasteiger partial charge in [-0.1, -0.05) is 6.07 Å². The molecule has 1 aromatic rings. The fourth-order valence-electron chi connectivity index (χ4n) is 4.01. The highest BCUT2D eigenvalue weighted by Crippen LogP contribution is 2.22. The summed E-state index contributed by atoms with van der Waals surface area (Å²) >= 11 is 0. The summed E-state index contributed by atoms with van der Waals surface area (Å²) in [5.41, 5.74) is 0.695. The number of ether oxygens (including phenoxy) is 2. The van der Waals surface area contributed by atoms with E-state index >= 15 is 0 Å². The molecule has 2 saturated heterocycles. The number of hydrogen-bond donors (Lipinski definition) is 3. The summed E-state index contributed by atoms with van der Waals surface area (Å²) in [6, 6.07) is 5.18. The Morgan fingerprint density at radius 1 is 1.19 bits per heavy atom. The molecular formula is C22H34N4O5. The topological polar surface area (TPSA) is 113 Å². The average Bonchev–Trinajstić information content (AvgIpc) is 2.79. The van der Waals surface area contributed by atoms with Crippen LogP contribution in [0, 0.1) is 0 Å². The lowest BCUT2D eigenvalue weighted by atomic mass is 9.96. The number of hydrogen-bond acceptors (Lipinski definition) is 7. The van der Waals surface area contributed by atoms with Crippen molar-refractivity contribution in [3.8, 4) is 0 Å². The van der Waals surface area contributed by atoms with Crippen LogP contribution >= 0.6 is 0 Å². The molecule has 0 radical (unpaired) electrons. The van der Waals surface area contributed by atoms with E-state index in [1.165, 1.54) is 0 Å². The van der Waals surface area contributed by atoms with Gasteiger partial charge in [0.05, 0.1) is 44.8 Å². The zero-order valence-electron chi connectivity index (χ0n) is 18.0. The van der Waals surface area contributed by atoms with Gasteiger partial charge in [0.2, 0.25) is 11.8 Å². The van der Waals surface area contributed by atoms with Crippen LogP contribution in [0.1, 0.15) is 31.4 Å². The zero-order chi connectivity index (χ0) is 21.9. The van der Waals surface area contributed by atoms with Crippen molar-refractivity contribution in [1.82, 2.24) is 20.5 Å². The molecule has 9 heteroatoms. The highest BCUT2D eigenvalue weighted by atomic mass is 16.5. The molecule has 1 aromatic heterocycles. The average molecular weight is 435 g/mol. The van der Waals surface area contributed by atoms with Gasteiger partial charge in [-0.15, -0.1) is 0 Å². The molecule has 3 N–H and O–H groups in total. The minimum absolute atomic E-state index is 0.0405. The van der Waals surface area contributed by atoms with Gasteiger partial charge < -0.3 is 25.2 Å². The van der Waals surface area contributed by atoms with Crippen LogP contribution in [0.4, 0.5) is 0 Å². The van der Waals surface area contributed by atoms with Crippen molar-refractivity contribution in [1.29, 1.82) is 0 Å². The van der Waals surface area contributed by atoms with E-state index in [0.717, 1.165) is 39.3 Å². The molecule has 0 unspecified atom stereocenters. The Labute approximate surface area is 183 Å². The van der Waals surface area contributed by atoms with E-state index in [9.17, 15) is 14.7 Å². The molecule has 2 aliphatic rings. The van der Waals surface area contributed by atoms with Crippen LogP contribution in [0.2, 0.25) is 0 Å². The Balaban J connectivity index is 1.33. The number of aromatic nitrogens is 1. The van der Waals surface area contributed by atoms with Crippen molar-refractivity contribution in [3.63, 3.8) is 0 Å². The van der Waals surface area contributed by atoms with Gasteiger partial charge in [0.1, 0.15) is 6.10 Å². The van der Waals surface area contributed by atoms with Crippen molar-refractivity contribution in [2.75, 3.05) is 46.0 Å². The van der Waals surface area contributed by atoms with Gasteiger partial charge in [0.15, 0.2) is 0 Å². The quantitative estimate of drug-likeness (QED) is 0.440. The molecule has 2 aliphatic heterocycles. The number of nitrogens with one attached hydrogen (secondary N) is 2. The lowest BCUT2D eigenvalue weighted by molar-refractivity contribution is -0.135. The number of rotatable bonds is 10. The standard InChI is InChI=1S/C22H34N4O5/c27-16-20-19(25-22(29)14-17-4-1-2-7-23-17)6-5-18(31-20)15-21(28)24-8-3-9-26-10-12-30-13-11-26/h1-2,4,7,18-20,27H,3,5-6,8-16H2,(H,24,28)(H,25,29)/t18-,19-,20-/m0/s1. The van der Waals surface area contributed by atoms with Gasteiger partial charge in [0, 0.05) is 31.5 Å². The third-order valence-corrected chi connectivity index (χ3v) is 5.70. The number of pyridine rings is 1. The van der Waals surface area contributed by atoms with Crippen molar-refractivity contribution in [2.24, 2.45) is 0 Å². The van der Waals surface area contributed by atoms with E-state index in [1.54, 1.807) is 18.3 Å². The molecule has 2 amide bonds. The Hall–Kier alpha value is -2.07. The molecule has 2 fully saturated rings. The molecule has 3 atom stereocenters. The predicted octanol–water partition coefficient (Wildman–Crippen LogP) is -0.123. The molecule has 31 heavy (non-hydrogen) atoms. The summed E-state index contributed by atoms with van der Waals surface area (Å²) in [4.78, 5) is 31.1.